The van der Waals surface area contributed by atoms with Crippen molar-refractivity contribution in [2.24, 2.45) is 0 Å². The lowest BCUT2D eigenvalue weighted by atomic mass is 10.2. The van der Waals surface area contributed by atoms with Crippen molar-refractivity contribution < 1.29 is 17.2 Å². The first-order valence-electron chi connectivity index (χ1n) is 7.14. The zero-order chi connectivity index (χ0) is 17.3. The Morgan fingerprint density at radius 1 is 1.00 bits per heavy atom. The molecule has 2 aromatic carbocycles. The van der Waals surface area contributed by atoms with Crippen LogP contribution in [0, 0.1) is 5.82 Å². The number of oxazole rings is 1. The van der Waals surface area contributed by atoms with Gasteiger partial charge < -0.3 is 9.32 Å². The highest BCUT2D eigenvalue weighted by Gasteiger charge is 2.29. The lowest BCUT2D eigenvalue weighted by molar-refractivity contribution is 0.555. The molecule has 124 valence electrons. The van der Waals surface area contributed by atoms with Crippen molar-refractivity contribution in [1.82, 2.24) is 4.98 Å². The third-order valence-electron chi connectivity index (χ3n) is 3.40. The highest BCUT2D eigenvalue weighted by Crippen LogP contribution is 2.34. The number of sulfone groups is 1. The summed E-state index contributed by atoms with van der Waals surface area (Å²) < 4.78 is 45.2. The van der Waals surface area contributed by atoms with Gasteiger partial charge in [-0.2, -0.15) is 4.98 Å². The molecule has 0 amide bonds. The molecule has 3 rings (SSSR count). The maximum atomic E-state index is 14.0. The van der Waals surface area contributed by atoms with E-state index >= 15 is 0 Å². The second kappa shape index (κ2) is 6.09. The molecule has 0 aliphatic carbocycles. The zero-order valence-corrected chi connectivity index (χ0v) is 13.9. The van der Waals surface area contributed by atoms with E-state index in [0.717, 1.165) is 0 Å². The van der Waals surface area contributed by atoms with Gasteiger partial charge >= 0.3 is 0 Å². The molecule has 0 unspecified atom stereocenters. The van der Waals surface area contributed by atoms with Crippen LogP contribution in [0.15, 0.2) is 68.9 Å². The van der Waals surface area contributed by atoms with Crippen LogP contribution in [0.2, 0.25) is 0 Å². The Hall–Kier alpha value is -2.67. The maximum absolute atomic E-state index is 14.0. The molecular weight excluding hydrogens is 331 g/mol. The monoisotopic (exact) mass is 346 g/mol. The smallest absolute Gasteiger partial charge is 0.235 e. The van der Waals surface area contributed by atoms with Gasteiger partial charge in [0.05, 0.1) is 10.5 Å². The summed E-state index contributed by atoms with van der Waals surface area (Å²) in [6.45, 7) is 0. The molecule has 0 aliphatic rings. The van der Waals surface area contributed by atoms with Crippen LogP contribution >= 0.6 is 0 Å². The van der Waals surface area contributed by atoms with E-state index in [9.17, 15) is 12.8 Å². The van der Waals surface area contributed by atoms with Crippen molar-refractivity contribution in [2.45, 2.75) is 9.92 Å². The Morgan fingerprint density at radius 3 is 2.25 bits per heavy atom. The van der Waals surface area contributed by atoms with Crippen LogP contribution in [0.3, 0.4) is 0 Å². The number of rotatable bonds is 4. The summed E-state index contributed by atoms with van der Waals surface area (Å²) >= 11 is 0. The molecule has 1 aromatic heterocycles. The minimum atomic E-state index is -3.88. The van der Waals surface area contributed by atoms with Crippen LogP contribution in [0.1, 0.15) is 0 Å². The Morgan fingerprint density at radius 2 is 1.62 bits per heavy atom. The molecule has 1 heterocycles. The van der Waals surface area contributed by atoms with Crippen LogP contribution in [0.4, 0.5) is 10.3 Å². The summed E-state index contributed by atoms with van der Waals surface area (Å²) in [5.74, 6) is -0.559. The predicted octanol–water partition coefficient (Wildman–Crippen LogP) is 3.38. The fourth-order valence-electron chi connectivity index (χ4n) is 2.22. The Bertz CT molecular complexity index is 967. The van der Waals surface area contributed by atoms with E-state index in [0.29, 0.717) is 0 Å². The van der Waals surface area contributed by atoms with Crippen LogP contribution in [-0.4, -0.2) is 27.5 Å². The lowest BCUT2D eigenvalue weighted by Gasteiger charge is -2.10. The second-order valence-electron chi connectivity index (χ2n) is 5.32. The highest BCUT2D eigenvalue weighted by molar-refractivity contribution is 7.91. The molecule has 0 radical (unpaired) electrons. The molecule has 0 aliphatic heterocycles. The SMILES string of the molecule is CN(C)c1oc(-c2ccccc2F)nc1S(=O)(=O)c1ccccc1. The van der Waals surface area contributed by atoms with Gasteiger partial charge in [-0.05, 0) is 24.3 Å². The van der Waals surface area contributed by atoms with Gasteiger partial charge in [0, 0.05) is 14.1 Å². The molecule has 0 atom stereocenters. The second-order valence-corrected chi connectivity index (χ2v) is 7.19. The van der Waals surface area contributed by atoms with Gasteiger partial charge in [0.1, 0.15) is 5.82 Å². The van der Waals surface area contributed by atoms with Crippen molar-refractivity contribution >= 4 is 15.7 Å². The number of hydrogen-bond donors (Lipinski definition) is 0. The number of nitrogens with zero attached hydrogens (tertiary/aromatic N) is 2. The molecule has 24 heavy (non-hydrogen) atoms. The fourth-order valence-corrected chi connectivity index (χ4v) is 3.61. The maximum Gasteiger partial charge on any atom is 0.235 e. The number of halogens is 1. The molecular formula is C17H15FN2O3S. The summed E-state index contributed by atoms with van der Waals surface area (Å²) in [6.07, 6.45) is 0. The first kappa shape index (κ1) is 16.2. The Balaban J connectivity index is 2.20. The predicted molar refractivity (Wildman–Crippen MR) is 88.1 cm³/mol. The molecule has 0 saturated heterocycles. The largest absolute Gasteiger partial charge is 0.419 e. The standard InChI is InChI=1S/C17H15FN2O3S/c1-20(2)17-16(24(21,22)12-8-4-3-5-9-12)19-15(23-17)13-10-6-7-11-14(13)18/h3-11H,1-2H3. The van der Waals surface area contributed by atoms with E-state index in [1.165, 1.54) is 35.2 Å². The molecule has 0 saturated carbocycles. The minimum absolute atomic E-state index is 0.0529. The first-order valence-corrected chi connectivity index (χ1v) is 8.63. The molecule has 7 heteroatoms. The van der Waals surface area contributed by atoms with Crippen LogP contribution in [-0.2, 0) is 9.84 Å². The Kier molecular flexibility index (Phi) is 4.11. The van der Waals surface area contributed by atoms with Crippen LogP contribution < -0.4 is 4.90 Å². The number of aromatic nitrogens is 1. The average molecular weight is 346 g/mol. The third-order valence-corrected chi connectivity index (χ3v) is 5.07. The quantitative estimate of drug-likeness (QED) is 0.725. The normalized spacial score (nSPS) is 11.5. The van der Waals surface area contributed by atoms with Crippen molar-refractivity contribution in [3.8, 4) is 11.5 Å². The fraction of sp³-hybridized carbons (Fsp3) is 0.118. The summed E-state index contributed by atoms with van der Waals surface area (Å²) in [5, 5.41) is -0.239. The molecule has 0 spiro atoms. The van der Waals surface area contributed by atoms with Crippen LogP contribution in [0.5, 0.6) is 0 Å². The van der Waals surface area contributed by atoms with Gasteiger partial charge in [0.2, 0.25) is 26.6 Å². The zero-order valence-electron chi connectivity index (χ0n) is 13.1. The van der Waals surface area contributed by atoms with E-state index in [1.54, 1.807) is 38.4 Å². The van der Waals surface area contributed by atoms with Gasteiger partial charge in [-0.3, -0.25) is 0 Å². The van der Waals surface area contributed by atoms with Crippen LogP contribution in [0.25, 0.3) is 11.5 Å². The summed E-state index contributed by atoms with van der Waals surface area (Å²) in [5.41, 5.74) is 0.107. The summed E-state index contributed by atoms with van der Waals surface area (Å²) in [6, 6.07) is 13.8. The van der Waals surface area contributed by atoms with E-state index in [4.69, 9.17) is 4.42 Å². The number of benzene rings is 2. The minimum Gasteiger partial charge on any atom is -0.419 e. The molecule has 0 N–H and O–H groups in total. The van der Waals surface area contributed by atoms with Gasteiger partial charge in [-0.25, -0.2) is 12.8 Å². The molecule has 3 aromatic rings. The summed E-state index contributed by atoms with van der Waals surface area (Å²) in [7, 11) is -0.614. The van der Waals surface area contributed by atoms with Crippen molar-refractivity contribution in [1.29, 1.82) is 0 Å². The molecule has 0 bridgehead atoms. The van der Waals surface area contributed by atoms with Gasteiger partial charge in [0.15, 0.2) is 0 Å². The molecule has 5 nitrogen and oxygen atoms in total. The van der Waals surface area contributed by atoms with E-state index in [1.807, 2.05) is 0 Å². The first-order chi connectivity index (χ1) is 11.4. The summed E-state index contributed by atoms with van der Waals surface area (Å²) in [4.78, 5) is 5.67. The van der Waals surface area contributed by atoms with Gasteiger partial charge in [-0.1, -0.05) is 30.3 Å². The van der Waals surface area contributed by atoms with E-state index < -0.39 is 15.7 Å². The topological polar surface area (TPSA) is 63.4 Å². The lowest BCUT2D eigenvalue weighted by Crippen LogP contribution is -2.13. The van der Waals surface area contributed by atoms with E-state index in [2.05, 4.69) is 4.98 Å². The third kappa shape index (κ3) is 2.78. The number of anilines is 1. The van der Waals surface area contributed by atoms with Crippen molar-refractivity contribution in [3.63, 3.8) is 0 Å². The number of hydrogen-bond acceptors (Lipinski definition) is 5. The Labute approximate surface area is 139 Å². The highest BCUT2D eigenvalue weighted by atomic mass is 32.2. The van der Waals surface area contributed by atoms with Crippen molar-refractivity contribution in [2.75, 3.05) is 19.0 Å². The molecule has 0 fully saturated rings. The van der Waals surface area contributed by atoms with Gasteiger partial charge in [-0.15, -0.1) is 0 Å². The van der Waals surface area contributed by atoms with E-state index in [-0.39, 0.29) is 27.3 Å². The average Bonchev–Trinajstić information content (AvgIpc) is 3.02. The van der Waals surface area contributed by atoms with Gasteiger partial charge in [0.25, 0.3) is 0 Å². The van der Waals surface area contributed by atoms with Crippen molar-refractivity contribution in [3.05, 3.63) is 60.4 Å².